The average Bonchev–Trinajstić information content (AvgIpc) is 0.822. The maximum absolute atomic E-state index is 11.8. The van der Waals surface area contributed by atoms with Gasteiger partial charge in [-0.15, -0.1) is 0 Å². The van der Waals surface area contributed by atoms with Crippen LogP contribution in [0.3, 0.4) is 0 Å². The van der Waals surface area contributed by atoms with Crippen molar-refractivity contribution in [2.24, 2.45) is 63.1 Å². The van der Waals surface area contributed by atoms with E-state index in [0.717, 1.165) is 138 Å². The summed E-state index contributed by atoms with van der Waals surface area (Å²) in [7, 11) is 0. The van der Waals surface area contributed by atoms with Gasteiger partial charge in [0.05, 0.1) is 93.2 Å². The monoisotopic (exact) mass is 1620 g/mol. The van der Waals surface area contributed by atoms with Gasteiger partial charge in [-0.1, -0.05) is 134 Å². The van der Waals surface area contributed by atoms with Crippen molar-refractivity contribution in [1.29, 1.82) is 26.3 Å². The maximum atomic E-state index is 11.8. The number of nitrogens with one attached hydrogen (secondary N) is 4. The lowest BCUT2D eigenvalue weighted by atomic mass is 9.52. The zero-order valence-electron chi connectivity index (χ0n) is 70.1. The first-order valence-electron chi connectivity index (χ1n) is 41.0. The van der Waals surface area contributed by atoms with Gasteiger partial charge in [-0.3, -0.25) is 9.59 Å². The minimum atomic E-state index is -0.263. The predicted octanol–water partition coefficient (Wildman–Crippen LogP) is 17.4. The summed E-state index contributed by atoms with van der Waals surface area (Å²) in [6, 6.07) is 42.4. The summed E-state index contributed by atoms with van der Waals surface area (Å²) in [5.41, 5.74) is 11.6. The molecule has 0 aliphatic heterocycles. The minimum Gasteiger partial charge on any atom is -0.393 e. The summed E-state index contributed by atoms with van der Waals surface area (Å²) >= 11 is 12.0. The van der Waals surface area contributed by atoms with Crippen molar-refractivity contribution >= 4 is 58.6 Å². The van der Waals surface area contributed by atoms with Gasteiger partial charge in [0.15, 0.2) is 0 Å². The molecule has 25 heteroatoms. The molecule has 23 nitrogen and oxygen atoms in total. The number of aromatic nitrogens is 11. The molecule has 0 spiro atoms. The Morgan fingerprint density at radius 2 is 0.864 bits per heavy atom. The van der Waals surface area contributed by atoms with Crippen LogP contribution in [0, 0.1) is 127 Å². The van der Waals surface area contributed by atoms with Crippen LogP contribution in [0.5, 0.6) is 0 Å². The minimum absolute atomic E-state index is 0.0658. The summed E-state index contributed by atoms with van der Waals surface area (Å²) in [6.07, 6.45) is 21.8. The van der Waals surface area contributed by atoms with Crippen molar-refractivity contribution < 1.29 is 14.7 Å². The Bertz CT molecular complexity index is 5030. The lowest BCUT2D eigenvalue weighted by Gasteiger charge is -2.51. The Morgan fingerprint density at radius 1 is 0.483 bits per heavy atom. The normalized spacial score (nSPS) is 20.1. The molecule has 4 aromatic carbocycles. The summed E-state index contributed by atoms with van der Waals surface area (Å²) < 4.78 is 1.81. The molecular weight excluding hydrogens is 1520 g/mol. The highest BCUT2D eigenvalue weighted by molar-refractivity contribution is 6.30. The molecular formula is C93H110Cl2N20O3. The lowest BCUT2D eigenvalue weighted by molar-refractivity contribution is -0.136. The first-order valence-corrected chi connectivity index (χ1v) is 41.8. The maximum Gasteiger partial charge on any atom is 0.222 e. The highest BCUT2D eigenvalue weighted by atomic mass is 35.5. The molecule has 5 heterocycles. The molecule has 0 unspecified atom stereocenters. The molecule has 4 aliphatic rings. The Hall–Kier alpha value is -11.1. The van der Waals surface area contributed by atoms with Crippen LogP contribution in [-0.2, 0) is 61.0 Å². The number of ketones is 2. The van der Waals surface area contributed by atoms with Gasteiger partial charge in [0.1, 0.15) is 48.0 Å². The Balaban J connectivity index is 0.000000166. The summed E-state index contributed by atoms with van der Waals surface area (Å²) in [4.78, 5) is 63.4. The number of hydrogen-bond acceptors (Lipinski definition) is 22. The molecule has 0 bridgehead atoms. The van der Waals surface area contributed by atoms with E-state index in [1.165, 1.54) is 24.8 Å². The molecule has 4 aliphatic carbocycles. The number of nitrogens with zero attached hydrogens (tertiary/aromatic N) is 16. The van der Waals surface area contributed by atoms with Crippen molar-refractivity contribution in [2.45, 2.75) is 192 Å². The van der Waals surface area contributed by atoms with Gasteiger partial charge in [-0.2, -0.15) is 31.4 Å². The number of aliphatic hydroxyl groups is 1. The van der Waals surface area contributed by atoms with E-state index in [2.05, 4.69) is 176 Å². The first-order chi connectivity index (χ1) is 56.4. The Kier molecular flexibility index (Phi) is 30.9. The molecule has 614 valence electrons. The average molecular weight is 1630 g/mol. The fourth-order valence-corrected chi connectivity index (χ4v) is 17.4. The zero-order valence-corrected chi connectivity index (χ0v) is 71.6. The highest BCUT2D eigenvalue weighted by Crippen LogP contribution is 2.54. The van der Waals surface area contributed by atoms with Crippen molar-refractivity contribution in [3.63, 3.8) is 0 Å². The highest BCUT2D eigenvalue weighted by Gasteiger charge is 2.51. The van der Waals surface area contributed by atoms with Gasteiger partial charge in [-0.05, 0) is 246 Å². The fourth-order valence-electron chi connectivity index (χ4n) is 17.0. The van der Waals surface area contributed by atoms with Crippen LogP contribution >= 0.6 is 23.2 Å². The van der Waals surface area contributed by atoms with E-state index in [9.17, 15) is 35.7 Å². The smallest absolute Gasteiger partial charge is 0.222 e. The van der Waals surface area contributed by atoms with Crippen molar-refractivity contribution in [1.82, 2.24) is 54.6 Å². The quantitative estimate of drug-likeness (QED) is 0.0319. The van der Waals surface area contributed by atoms with Crippen LogP contribution < -0.4 is 21.3 Å². The van der Waals surface area contributed by atoms with Gasteiger partial charge < -0.3 is 26.4 Å². The van der Waals surface area contributed by atoms with E-state index < -0.39 is 0 Å². The van der Waals surface area contributed by atoms with Crippen LogP contribution in [-0.4, -0.2) is 104 Å². The van der Waals surface area contributed by atoms with Crippen LogP contribution in [0.4, 0.5) is 23.8 Å². The van der Waals surface area contributed by atoms with Crippen molar-refractivity contribution in [2.75, 3.05) is 47.4 Å². The third-order valence-corrected chi connectivity index (χ3v) is 25.4. The Labute approximate surface area is 705 Å². The van der Waals surface area contributed by atoms with Crippen molar-refractivity contribution in [3.05, 3.63) is 217 Å². The Morgan fingerprint density at radius 3 is 1.22 bits per heavy atom. The largest absolute Gasteiger partial charge is 0.393 e. The van der Waals surface area contributed by atoms with Crippen LogP contribution in [0.1, 0.15) is 206 Å². The number of nitriles is 5. The van der Waals surface area contributed by atoms with E-state index in [-0.39, 0.29) is 45.8 Å². The van der Waals surface area contributed by atoms with Gasteiger partial charge >= 0.3 is 0 Å². The number of aliphatic hydroxyl groups excluding tert-OH is 1. The molecule has 9 aromatic rings. The SMILES string of the molecule is CC(=O)[C@@H]1C[C@H](Cc2nc(NCCc3cccc(Cl)c3)ncc2C#N)C1(C)C.CC(=O)[C@H]1C[C@@H](Cc2nc(NCCc3cccc(Cl)c3)ncc2C#N)C1(C)C.C[C@H]1CC[C@@H](Cc2nc(NCCc3cccc(C#N)c3)ncc2C#N)CC1(C)C.Cc1ncnn1-c1ccc(CCNc2ncc(C#N)c(C[C@@H]3CC[C@H](O)C(C)(C)C3)n2)cc1. The second kappa shape index (κ2) is 40.8. The lowest BCUT2D eigenvalue weighted by Crippen LogP contribution is -2.49. The molecule has 8 atom stereocenters. The molecule has 5 N–H and O–H groups in total. The molecule has 0 amide bonds. The van der Waals surface area contributed by atoms with Crippen molar-refractivity contribution in [3.8, 4) is 36.0 Å². The number of hydrogen-bond donors (Lipinski definition) is 5. The van der Waals surface area contributed by atoms with Gasteiger partial charge in [0.2, 0.25) is 23.8 Å². The van der Waals surface area contributed by atoms with Crippen LogP contribution in [0.2, 0.25) is 10.0 Å². The number of benzene rings is 4. The molecule has 4 saturated carbocycles. The standard InChI is InChI=1S/C25H31N7O.C24H29N5.2C22H25ClN4O/c1-17-29-16-30-32(17)21-7-4-18(5-8-21)10-11-27-24-28-15-20(14-26)22(31-24)12-19-6-9-23(33)25(2,3)13-19;1-17-7-8-19(13-24(17,2)3)12-22-21(15-26)16-28-23(29-22)27-10-9-18-5-4-6-20(11-18)14-25;2*1-14(28)19-10-17(22(19,2)3)11-20-16(12-24)13-26-21(27-20)25-8-7-15-5-4-6-18(23)9-15/h4-5,7-8,15-16,19,23,33H,6,9-13H2,1-3H3,(H,27,28,31);4-6,11,16-17,19H,7-10,12-13H2,1-3H3,(H,27,28,29);2*4-6,9,13,17,19H,7-8,10-11H2,1-3H3,(H,25,26,27)/t19-,23-;17-,19-;2*17-,19+/m0010/s1. The molecule has 5 aromatic heterocycles. The second-order valence-corrected chi connectivity index (χ2v) is 35.5. The molecule has 0 saturated heterocycles. The van der Waals surface area contributed by atoms with Crippen LogP contribution in [0.15, 0.2) is 128 Å². The molecule has 0 radical (unpaired) electrons. The van der Waals surface area contributed by atoms with E-state index in [0.29, 0.717) is 120 Å². The van der Waals surface area contributed by atoms with Gasteiger partial charge in [0.25, 0.3) is 0 Å². The number of carbonyl (C=O) groups excluding carboxylic acids is 2. The van der Waals surface area contributed by atoms with Crippen LogP contribution in [0.25, 0.3) is 5.69 Å². The molecule has 4 fully saturated rings. The number of Topliss-reactive ketones (excluding diaryl/α,β-unsaturated/α-hetero) is 2. The number of halogens is 2. The summed E-state index contributed by atoms with van der Waals surface area (Å²) in [5, 5.41) is 75.8. The van der Waals surface area contributed by atoms with Gasteiger partial charge in [-0.25, -0.2) is 49.5 Å². The topological polar surface area (TPSA) is 355 Å². The van der Waals surface area contributed by atoms with E-state index in [4.69, 9.17) is 28.5 Å². The summed E-state index contributed by atoms with van der Waals surface area (Å²) in [6.45, 7) is 27.8. The van der Waals surface area contributed by atoms with E-state index in [1.807, 2.05) is 90.5 Å². The van der Waals surface area contributed by atoms with Gasteiger partial charge in [0, 0.05) is 48.1 Å². The number of aryl methyl sites for hydroxylation is 1. The molecule has 13 rings (SSSR count). The first kappa shape index (κ1) is 89.2. The second-order valence-electron chi connectivity index (χ2n) is 34.7. The number of rotatable bonds is 27. The van der Waals surface area contributed by atoms with E-state index >= 15 is 0 Å². The fraction of sp³-hybridized carbons (Fsp3) is 0.473. The number of carbonyl (C=O) groups is 2. The van der Waals surface area contributed by atoms with E-state index in [1.54, 1.807) is 51.0 Å². The summed E-state index contributed by atoms with van der Waals surface area (Å²) in [5.74, 6) is 6.07. The third kappa shape index (κ3) is 24.1. The molecule has 118 heavy (non-hydrogen) atoms. The third-order valence-electron chi connectivity index (χ3n) is 25.0. The zero-order chi connectivity index (χ0) is 84.9. The predicted molar refractivity (Wildman–Crippen MR) is 460 cm³/mol. The number of anilines is 4.